The third-order valence-electron chi connectivity index (χ3n) is 4.54. The molecule has 0 aromatic rings. The molecule has 2 aliphatic rings. The number of carbonyl (C=O) groups is 2. The minimum absolute atomic E-state index is 0.0221. The molecule has 0 aromatic carbocycles. The van der Waals surface area contributed by atoms with Crippen LogP contribution in [0, 0.1) is 17.8 Å². The number of amides is 2. The van der Waals surface area contributed by atoms with Crippen LogP contribution in [0.15, 0.2) is 0 Å². The van der Waals surface area contributed by atoms with E-state index >= 15 is 0 Å². The van der Waals surface area contributed by atoms with E-state index in [0.717, 1.165) is 32.2 Å². The molecule has 3 unspecified atom stereocenters. The predicted molar refractivity (Wildman–Crippen MR) is 74.5 cm³/mol. The summed E-state index contributed by atoms with van der Waals surface area (Å²) >= 11 is 0. The van der Waals surface area contributed by atoms with Gasteiger partial charge in [0.1, 0.15) is 0 Å². The highest BCUT2D eigenvalue weighted by atomic mass is 16.2. The van der Waals surface area contributed by atoms with Crippen molar-refractivity contribution in [3.63, 3.8) is 0 Å². The fourth-order valence-electron chi connectivity index (χ4n) is 3.43. The van der Waals surface area contributed by atoms with E-state index < -0.39 is 0 Å². The lowest BCUT2D eigenvalue weighted by Crippen LogP contribution is -2.44. The highest BCUT2D eigenvalue weighted by molar-refractivity contribution is 6.05. The van der Waals surface area contributed by atoms with Crippen molar-refractivity contribution in [2.24, 2.45) is 17.8 Å². The number of nitrogens with zero attached hydrogens (tertiary/aromatic N) is 1. The minimum Gasteiger partial charge on any atom is -0.312 e. The van der Waals surface area contributed by atoms with Crippen LogP contribution in [0.2, 0.25) is 0 Å². The van der Waals surface area contributed by atoms with Gasteiger partial charge in [-0.25, -0.2) is 0 Å². The average Bonchev–Trinajstić information content (AvgIpc) is 2.87. The third kappa shape index (κ3) is 2.83. The number of imide groups is 1. The van der Waals surface area contributed by atoms with Gasteiger partial charge < -0.3 is 5.32 Å². The van der Waals surface area contributed by atoms with Gasteiger partial charge in [0, 0.05) is 12.6 Å². The molecule has 4 heteroatoms. The van der Waals surface area contributed by atoms with Gasteiger partial charge in [0.15, 0.2) is 0 Å². The van der Waals surface area contributed by atoms with Crippen LogP contribution < -0.4 is 5.32 Å². The van der Waals surface area contributed by atoms with Crippen LogP contribution in [0.4, 0.5) is 0 Å². The summed E-state index contributed by atoms with van der Waals surface area (Å²) in [6, 6.07) is 0.240. The number of rotatable bonds is 6. The van der Waals surface area contributed by atoms with E-state index in [1.807, 2.05) is 0 Å². The molecule has 2 amide bonds. The second kappa shape index (κ2) is 6.04. The van der Waals surface area contributed by atoms with Crippen molar-refractivity contribution in [3.8, 4) is 0 Å². The molecule has 0 radical (unpaired) electrons. The summed E-state index contributed by atoms with van der Waals surface area (Å²) < 4.78 is 0. The standard InChI is InChI=1S/C15H26N2O2/c1-4-6-16-11(5-2)9-17-14(18)12-7-10(3)8-13(12)15(17)19/h10-13,16H,4-9H2,1-3H3. The molecular weight excluding hydrogens is 240 g/mol. The maximum atomic E-state index is 12.3. The van der Waals surface area contributed by atoms with Crippen molar-refractivity contribution in [1.82, 2.24) is 10.2 Å². The smallest absolute Gasteiger partial charge is 0.233 e. The van der Waals surface area contributed by atoms with E-state index in [2.05, 4.69) is 26.1 Å². The molecule has 0 spiro atoms. The molecule has 19 heavy (non-hydrogen) atoms. The van der Waals surface area contributed by atoms with Crippen molar-refractivity contribution in [2.75, 3.05) is 13.1 Å². The number of carbonyl (C=O) groups excluding carboxylic acids is 2. The first-order valence-electron chi connectivity index (χ1n) is 7.67. The van der Waals surface area contributed by atoms with Crippen molar-refractivity contribution < 1.29 is 9.59 Å². The van der Waals surface area contributed by atoms with E-state index in [9.17, 15) is 9.59 Å². The van der Waals surface area contributed by atoms with Crippen molar-refractivity contribution in [1.29, 1.82) is 0 Å². The van der Waals surface area contributed by atoms with Crippen molar-refractivity contribution in [3.05, 3.63) is 0 Å². The molecule has 108 valence electrons. The Labute approximate surface area is 115 Å². The van der Waals surface area contributed by atoms with Gasteiger partial charge in [0.2, 0.25) is 11.8 Å². The Hall–Kier alpha value is -0.900. The van der Waals surface area contributed by atoms with E-state index in [0.29, 0.717) is 12.5 Å². The molecule has 1 aliphatic heterocycles. The molecule has 4 nitrogen and oxygen atoms in total. The van der Waals surface area contributed by atoms with Gasteiger partial charge in [-0.1, -0.05) is 20.8 Å². The largest absolute Gasteiger partial charge is 0.312 e. The van der Waals surface area contributed by atoms with E-state index in [1.165, 1.54) is 4.90 Å². The number of fused-ring (bicyclic) bond motifs is 1. The van der Waals surface area contributed by atoms with Gasteiger partial charge in [0.25, 0.3) is 0 Å². The number of hydrogen-bond donors (Lipinski definition) is 1. The molecular formula is C15H26N2O2. The summed E-state index contributed by atoms with van der Waals surface area (Å²) in [6.45, 7) is 7.86. The molecule has 1 saturated heterocycles. The third-order valence-corrected chi connectivity index (χ3v) is 4.54. The van der Waals surface area contributed by atoms with E-state index in [1.54, 1.807) is 0 Å². The highest BCUT2D eigenvalue weighted by Gasteiger charge is 2.51. The maximum Gasteiger partial charge on any atom is 0.233 e. The SMILES string of the molecule is CCCNC(CC)CN1C(=O)C2CC(C)CC2C1=O. The summed E-state index contributed by atoms with van der Waals surface area (Å²) in [5, 5.41) is 3.42. The first-order chi connectivity index (χ1) is 9.08. The zero-order chi connectivity index (χ0) is 14.0. The Kier molecular flexibility index (Phi) is 4.61. The second-order valence-electron chi connectivity index (χ2n) is 6.14. The van der Waals surface area contributed by atoms with Crippen LogP contribution in [0.1, 0.15) is 46.5 Å². The number of hydrogen-bond acceptors (Lipinski definition) is 3. The first kappa shape index (κ1) is 14.5. The number of likely N-dealkylation sites (tertiary alicyclic amines) is 1. The zero-order valence-corrected chi connectivity index (χ0v) is 12.3. The van der Waals surface area contributed by atoms with Gasteiger partial charge >= 0.3 is 0 Å². The second-order valence-corrected chi connectivity index (χ2v) is 6.14. The molecule has 0 aromatic heterocycles. The van der Waals surface area contributed by atoms with Crippen molar-refractivity contribution in [2.45, 2.75) is 52.5 Å². The van der Waals surface area contributed by atoms with Gasteiger partial charge in [-0.15, -0.1) is 0 Å². The Morgan fingerprint density at radius 1 is 1.21 bits per heavy atom. The Morgan fingerprint density at radius 2 is 1.79 bits per heavy atom. The van der Waals surface area contributed by atoms with Crippen LogP contribution in [-0.4, -0.2) is 35.8 Å². The molecule has 3 atom stereocenters. The van der Waals surface area contributed by atoms with Crippen LogP contribution in [-0.2, 0) is 9.59 Å². The topological polar surface area (TPSA) is 49.4 Å². The van der Waals surface area contributed by atoms with E-state index in [-0.39, 0.29) is 29.7 Å². The van der Waals surface area contributed by atoms with Crippen LogP contribution >= 0.6 is 0 Å². The van der Waals surface area contributed by atoms with Crippen molar-refractivity contribution >= 4 is 11.8 Å². The lowest BCUT2D eigenvalue weighted by molar-refractivity contribution is -0.140. The molecule has 1 aliphatic carbocycles. The molecule has 1 heterocycles. The van der Waals surface area contributed by atoms with Gasteiger partial charge in [-0.3, -0.25) is 14.5 Å². The summed E-state index contributed by atoms with van der Waals surface area (Å²) in [4.78, 5) is 26.2. The van der Waals surface area contributed by atoms with Gasteiger partial charge in [-0.05, 0) is 38.1 Å². The fourth-order valence-corrected chi connectivity index (χ4v) is 3.43. The highest BCUT2D eigenvalue weighted by Crippen LogP contribution is 2.42. The molecule has 2 rings (SSSR count). The Morgan fingerprint density at radius 3 is 2.26 bits per heavy atom. The summed E-state index contributed by atoms with van der Waals surface area (Å²) in [5.41, 5.74) is 0. The molecule has 2 fully saturated rings. The minimum atomic E-state index is -0.0221. The van der Waals surface area contributed by atoms with Gasteiger partial charge in [-0.2, -0.15) is 0 Å². The molecule has 1 saturated carbocycles. The van der Waals surface area contributed by atoms with Gasteiger partial charge in [0.05, 0.1) is 11.8 Å². The monoisotopic (exact) mass is 266 g/mol. The van der Waals surface area contributed by atoms with Crippen LogP contribution in [0.5, 0.6) is 0 Å². The fraction of sp³-hybridized carbons (Fsp3) is 0.867. The number of nitrogens with one attached hydrogen (secondary N) is 1. The van der Waals surface area contributed by atoms with Crippen LogP contribution in [0.3, 0.4) is 0 Å². The Bertz CT molecular complexity index is 332. The Balaban J connectivity index is 1.98. The lowest BCUT2D eigenvalue weighted by atomic mass is 10.00. The normalized spacial score (nSPS) is 31.9. The quantitative estimate of drug-likeness (QED) is 0.746. The molecule has 0 bridgehead atoms. The summed E-state index contributed by atoms with van der Waals surface area (Å²) in [5.74, 6) is 0.634. The van der Waals surface area contributed by atoms with Crippen LogP contribution in [0.25, 0.3) is 0 Å². The average molecular weight is 266 g/mol. The first-order valence-corrected chi connectivity index (χ1v) is 7.67. The lowest BCUT2D eigenvalue weighted by Gasteiger charge is -2.23. The zero-order valence-electron chi connectivity index (χ0n) is 12.3. The maximum absolute atomic E-state index is 12.3. The molecule has 1 N–H and O–H groups in total. The summed E-state index contributed by atoms with van der Waals surface area (Å²) in [6.07, 6.45) is 3.81. The summed E-state index contributed by atoms with van der Waals surface area (Å²) in [7, 11) is 0. The predicted octanol–water partition coefficient (Wildman–Crippen LogP) is 1.80. The van der Waals surface area contributed by atoms with E-state index in [4.69, 9.17) is 0 Å².